The van der Waals surface area contributed by atoms with Crippen molar-refractivity contribution in [3.8, 4) is 11.4 Å². The minimum atomic E-state index is -0.394. The van der Waals surface area contributed by atoms with Gasteiger partial charge >= 0.3 is 0 Å². The molecule has 0 atom stereocenters. The minimum absolute atomic E-state index is 0.244. The molecule has 27 heavy (non-hydrogen) atoms. The number of fused-ring (bicyclic) bond motifs is 1. The average molecular weight is 362 g/mol. The molecule has 0 aliphatic carbocycles. The van der Waals surface area contributed by atoms with Gasteiger partial charge in [-0.15, -0.1) is 10.2 Å². The smallest absolute Gasteiger partial charge is 0.278 e. The van der Waals surface area contributed by atoms with E-state index < -0.39 is 5.91 Å². The molecule has 0 aliphatic rings. The maximum Gasteiger partial charge on any atom is 0.278 e. The third-order valence-electron chi connectivity index (χ3n) is 3.95. The van der Waals surface area contributed by atoms with Gasteiger partial charge in [0.15, 0.2) is 5.82 Å². The molecular weight excluding hydrogens is 348 g/mol. The third kappa shape index (κ3) is 3.27. The van der Waals surface area contributed by atoms with Crippen molar-refractivity contribution >= 4 is 22.5 Å². The summed E-state index contributed by atoms with van der Waals surface area (Å²) in [6.45, 7) is -0.244. The van der Waals surface area contributed by atoms with Crippen LogP contribution in [0.3, 0.4) is 0 Å². The first kappa shape index (κ1) is 16.5. The van der Waals surface area contributed by atoms with Crippen LogP contribution in [0.4, 0.5) is 5.69 Å². The zero-order valence-electron chi connectivity index (χ0n) is 14.3. The molecule has 1 amide bonds. The molecular formula is C17H14N8O2. The van der Waals surface area contributed by atoms with E-state index in [1.807, 2.05) is 6.07 Å². The van der Waals surface area contributed by atoms with Crippen molar-refractivity contribution in [2.75, 3.05) is 5.32 Å². The Morgan fingerprint density at radius 3 is 2.74 bits per heavy atom. The van der Waals surface area contributed by atoms with Gasteiger partial charge in [0.25, 0.3) is 5.56 Å². The number of nitrogens with one attached hydrogen (secondary N) is 1. The van der Waals surface area contributed by atoms with Gasteiger partial charge in [0, 0.05) is 18.3 Å². The average Bonchev–Trinajstić information content (AvgIpc) is 3.10. The van der Waals surface area contributed by atoms with Crippen LogP contribution < -0.4 is 10.9 Å². The number of nitrogens with zero attached hydrogens (tertiary/aromatic N) is 7. The molecule has 0 saturated heterocycles. The van der Waals surface area contributed by atoms with Gasteiger partial charge in [0.05, 0.1) is 5.39 Å². The second-order valence-electron chi connectivity index (χ2n) is 5.82. The first-order valence-corrected chi connectivity index (χ1v) is 8.07. The largest absolute Gasteiger partial charge is 0.324 e. The number of aryl methyl sites for hydroxylation is 1. The fourth-order valence-corrected chi connectivity index (χ4v) is 2.67. The molecule has 0 fully saturated rings. The van der Waals surface area contributed by atoms with Crippen LogP contribution in [-0.4, -0.2) is 41.1 Å². The summed E-state index contributed by atoms with van der Waals surface area (Å²) in [6, 6.07) is 14.0. The number of amides is 1. The molecule has 0 unspecified atom stereocenters. The Morgan fingerprint density at radius 1 is 1.07 bits per heavy atom. The van der Waals surface area contributed by atoms with Crippen LogP contribution in [0.1, 0.15) is 0 Å². The Kier molecular flexibility index (Phi) is 4.13. The normalized spacial score (nSPS) is 10.9. The molecule has 134 valence electrons. The number of anilines is 1. The molecule has 0 saturated carbocycles. The summed E-state index contributed by atoms with van der Waals surface area (Å²) in [4.78, 5) is 24.8. The fourth-order valence-electron chi connectivity index (χ4n) is 2.67. The highest BCUT2D eigenvalue weighted by Crippen LogP contribution is 2.19. The Labute approximate surface area is 152 Å². The molecule has 0 bridgehead atoms. The molecule has 2 heterocycles. The van der Waals surface area contributed by atoms with E-state index in [0.717, 1.165) is 10.2 Å². The summed E-state index contributed by atoms with van der Waals surface area (Å²) >= 11 is 0. The first-order valence-electron chi connectivity index (χ1n) is 8.07. The van der Waals surface area contributed by atoms with Crippen molar-refractivity contribution in [3.05, 3.63) is 58.9 Å². The molecule has 0 spiro atoms. The Morgan fingerprint density at radius 2 is 1.93 bits per heavy atom. The van der Waals surface area contributed by atoms with Crippen molar-refractivity contribution in [1.82, 2.24) is 35.2 Å². The highest BCUT2D eigenvalue weighted by Gasteiger charge is 2.11. The second-order valence-corrected chi connectivity index (χ2v) is 5.82. The lowest BCUT2D eigenvalue weighted by Gasteiger charge is -2.08. The summed E-state index contributed by atoms with van der Waals surface area (Å²) in [7, 11) is 1.73. The summed E-state index contributed by atoms with van der Waals surface area (Å²) in [5, 5.41) is 22.3. The fraction of sp³-hybridized carbons (Fsp3) is 0.118. The summed E-state index contributed by atoms with van der Waals surface area (Å²) in [5.41, 5.74) is 1.43. The summed E-state index contributed by atoms with van der Waals surface area (Å²) in [6.07, 6.45) is 0. The van der Waals surface area contributed by atoms with Crippen LogP contribution in [-0.2, 0) is 18.4 Å². The molecule has 2 aromatic heterocycles. The number of carbonyl (C=O) groups is 1. The van der Waals surface area contributed by atoms with Crippen molar-refractivity contribution in [3.63, 3.8) is 0 Å². The Balaban J connectivity index is 1.54. The number of aromatic nitrogens is 7. The van der Waals surface area contributed by atoms with E-state index in [4.69, 9.17) is 0 Å². The monoisotopic (exact) mass is 362 g/mol. The predicted octanol–water partition coefficient (Wildman–Crippen LogP) is 0.621. The van der Waals surface area contributed by atoms with E-state index in [9.17, 15) is 9.59 Å². The van der Waals surface area contributed by atoms with Crippen molar-refractivity contribution in [2.45, 2.75) is 6.54 Å². The lowest BCUT2D eigenvalue weighted by molar-refractivity contribution is -0.117. The zero-order valence-corrected chi connectivity index (χ0v) is 14.3. The molecule has 4 aromatic rings. The standard InChI is InChI=1S/C17H14N8O2/c1-24-16(20-21-23-24)11-5-4-6-12(9-11)18-15(26)10-25-17(27)13-7-2-3-8-14(13)19-22-25/h2-9H,10H2,1H3,(H,18,26). The molecule has 4 rings (SSSR count). The number of hydrogen-bond donors (Lipinski definition) is 1. The molecule has 0 radical (unpaired) electrons. The number of benzene rings is 2. The molecule has 2 aromatic carbocycles. The topological polar surface area (TPSA) is 120 Å². The van der Waals surface area contributed by atoms with Gasteiger partial charge in [-0.2, -0.15) is 0 Å². The van der Waals surface area contributed by atoms with Gasteiger partial charge in [-0.1, -0.05) is 29.5 Å². The SMILES string of the molecule is Cn1nnnc1-c1cccc(NC(=O)Cn2nnc3ccccc3c2=O)c1. The van der Waals surface area contributed by atoms with Crippen molar-refractivity contribution in [2.24, 2.45) is 7.05 Å². The Hall–Kier alpha value is -3.95. The van der Waals surface area contributed by atoms with E-state index >= 15 is 0 Å². The lowest BCUT2D eigenvalue weighted by Crippen LogP contribution is -2.30. The van der Waals surface area contributed by atoms with Crippen LogP contribution in [0.5, 0.6) is 0 Å². The van der Waals surface area contributed by atoms with Gasteiger partial charge in [-0.3, -0.25) is 9.59 Å². The van der Waals surface area contributed by atoms with E-state index in [2.05, 4.69) is 31.2 Å². The van der Waals surface area contributed by atoms with Gasteiger partial charge in [-0.25, -0.2) is 9.36 Å². The maximum absolute atomic E-state index is 12.4. The van der Waals surface area contributed by atoms with Crippen molar-refractivity contribution < 1.29 is 4.79 Å². The van der Waals surface area contributed by atoms with Gasteiger partial charge < -0.3 is 5.32 Å². The quantitative estimate of drug-likeness (QED) is 0.565. The molecule has 0 aliphatic heterocycles. The number of tetrazole rings is 1. The second kappa shape index (κ2) is 6.75. The van der Waals surface area contributed by atoms with Crippen LogP contribution >= 0.6 is 0 Å². The molecule has 10 nitrogen and oxygen atoms in total. The highest BCUT2D eigenvalue weighted by atomic mass is 16.2. The van der Waals surface area contributed by atoms with Gasteiger partial charge in [-0.05, 0) is 34.7 Å². The van der Waals surface area contributed by atoms with E-state index in [0.29, 0.717) is 22.4 Å². The molecule has 1 N–H and O–H groups in total. The molecule has 10 heteroatoms. The van der Waals surface area contributed by atoms with Gasteiger partial charge in [0.1, 0.15) is 12.1 Å². The third-order valence-corrected chi connectivity index (χ3v) is 3.95. The van der Waals surface area contributed by atoms with Gasteiger partial charge in [0.2, 0.25) is 5.91 Å². The highest BCUT2D eigenvalue weighted by molar-refractivity contribution is 5.91. The van der Waals surface area contributed by atoms with Crippen molar-refractivity contribution in [1.29, 1.82) is 0 Å². The lowest BCUT2D eigenvalue weighted by atomic mass is 10.2. The van der Waals surface area contributed by atoms with Crippen LogP contribution in [0.15, 0.2) is 53.3 Å². The number of carbonyl (C=O) groups excluding carboxylic acids is 1. The number of rotatable bonds is 4. The van der Waals surface area contributed by atoms with Crippen LogP contribution in [0, 0.1) is 0 Å². The van der Waals surface area contributed by atoms with E-state index in [-0.39, 0.29) is 12.1 Å². The first-order chi connectivity index (χ1) is 13.1. The van der Waals surface area contributed by atoms with E-state index in [1.54, 1.807) is 49.5 Å². The van der Waals surface area contributed by atoms with Crippen LogP contribution in [0.2, 0.25) is 0 Å². The zero-order chi connectivity index (χ0) is 18.8. The minimum Gasteiger partial charge on any atom is -0.324 e. The summed E-state index contributed by atoms with van der Waals surface area (Å²) in [5.74, 6) is 0.178. The van der Waals surface area contributed by atoms with Crippen LogP contribution in [0.25, 0.3) is 22.3 Å². The maximum atomic E-state index is 12.4. The predicted molar refractivity (Wildman–Crippen MR) is 96.7 cm³/mol. The summed E-state index contributed by atoms with van der Waals surface area (Å²) < 4.78 is 2.57. The number of hydrogen-bond acceptors (Lipinski definition) is 7. The Bertz CT molecular complexity index is 1200. The van der Waals surface area contributed by atoms with E-state index in [1.165, 1.54) is 4.68 Å².